The maximum atomic E-state index is 2.36. The Kier molecular flexibility index (Phi) is 3.55. The summed E-state index contributed by atoms with van der Waals surface area (Å²) in [7, 11) is 0. The molecule has 3 aliphatic carbocycles. The zero-order valence-electron chi connectivity index (χ0n) is 11.6. The van der Waals surface area contributed by atoms with Crippen LogP contribution in [0.25, 0.3) is 5.70 Å². The van der Waals surface area contributed by atoms with Crippen molar-refractivity contribution >= 4 is 5.70 Å². The molecule has 2 saturated carbocycles. The fourth-order valence-corrected chi connectivity index (χ4v) is 4.94. The number of fused-ring (bicyclic) bond motifs is 5. The predicted octanol–water partition coefficient (Wildman–Crippen LogP) is 0.665. The van der Waals surface area contributed by atoms with E-state index >= 15 is 0 Å². The molecule has 0 aliphatic heterocycles. The van der Waals surface area contributed by atoms with Crippen LogP contribution in [0.2, 0.25) is 0 Å². The van der Waals surface area contributed by atoms with E-state index in [2.05, 4.69) is 42.1 Å². The summed E-state index contributed by atoms with van der Waals surface area (Å²) in [5, 5.41) is 0. The van der Waals surface area contributed by atoms with Crippen LogP contribution in [0.3, 0.4) is 0 Å². The number of pyridine rings is 1. The smallest absolute Gasteiger partial charge is 0.186 e. The number of rotatable bonds is 1. The lowest BCUT2D eigenvalue weighted by Gasteiger charge is -2.34. The summed E-state index contributed by atoms with van der Waals surface area (Å²) in [5.74, 6) is 4.14. The van der Waals surface area contributed by atoms with Crippen molar-refractivity contribution in [3.05, 3.63) is 36.2 Å². The standard InChI is InChI=1S/C17H22N.BrH/c1-12-9-15-13-5-6-14(10-13)16(15)11-17(12)18-7-3-2-4-8-18;/h2-4,7-8,13-16H,5-6,9-11H2,1H3;1H/q+1;/p-1/t13-,14+,15?,16?;/m0./s1. The minimum atomic E-state index is 0. The first-order valence-corrected chi connectivity index (χ1v) is 7.48. The van der Waals surface area contributed by atoms with Gasteiger partial charge in [-0.2, -0.15) is 4.57 Å². The molecule has 102 valence electrons. The first-order valence-electron chi connectivity index (χ1n) is 7.48. The van der Waals surface area contributed by atoms with E-state index in [1.807, 2.05) is 0 Å². The second kappa shape index (κ2) is 5.05. The molecule has 0 radical (unpaired) electrons. The van der Waals surface area contributed by atoms with Gasteiger partial charge in [0.25, 0.3) is 0 Å². The monoisotopic (exact) mass is 319 g/mol. The first kappa shape index (κ1) is 13.4. The highest BCUT2D eigenvalue weighted by molar-refractivity contribution is 5.43. The Bertz CT molecular complexity index is 493. The van der Waals surface area contributed by atoms with Crippen molar-refractivity contribution in [1.29, 1.82) is 0 Å². The van der Waals surface area contributed by atoms with Crippen LogP contribution in [-0.2, 0) is 0 Å². The molecule has 1 heterocycles. The van der Waals surface area contributed by atoms with Crippen LogP contribution in [0, 0.1) is 23.7 Å². The third-order valence-electron chi connectivity index (χ3n) is 5.77. The molecule has 3 aliphatic rings. The molecule has 0 amide bonds. The van der Waals surface area contributed by atoms with E-state index in [-0.39, 0.29) is 17.0 Å². The lowest BCUT2D eigenvalue weighted by Crippen LogP contribution is -3.00. The van der Waals surface area contributed by atoms with Crippen molar-refractivity contribution < 1.29 is 21.5 Å². The highest BCUT2D eigenvalue weighted by Gasteiger charge is 2.50. The molecule has 0 saturated heterocycles. The van der Waals surface area contributed by atoms with E-state index < -0.39 is 0 Å². The maximum absolute atomic E-state index is 2.36. The van der Waals surface area contributed by atoms with Gasteiger partial charge in [0, 0.05) is 18.6 Å². The summed E-state index contributed by atoms with van der Waals surface area (Å²) in [5.41, 5.74) is 3.23. The summed E-state index contributed by atoms with van der Waals surface area (Å²) in [6.45, 7) is 2.36. The van der Waals surface area contributed by atoms with E-state index in [4.69, 9.17) is 0 Å². The number of aromatic nitrogens is 1. The van der Waals surface area contributed by atoms with Gasteiger partial charge in [-0.15, -0.1) is 0 Å². The van der Waals surface area contributed by atoms with Crippen LogP contribution in [0.4, 0.5) is 0 Å². The zero-order chi connectivity index (χ0) is 12.1. The van der Waals surface area contributed by atoms with E-state index in [1.165, 1.54) is 32.1 Å². The van der Waals surface area contributed by atoms with E-state index in [0.717, 1.165) is 23.7 Å². The number of hydrogen-bond donors (Lipinski definition) is 0. The van der Waals surface area contributed by atoms with E-state index in [0.29, 0.717) is 0 Å². The van der Waals surface area contributed by atoms with Crippen LogP contribution in [-0.4, -0.2) is 0 Å². The topological polar surface area (TPSA) is 3.88 Å². The predicted molar refractivity (Wildman–Crippen MR) is 72.6 cm³/mol. The van der Waals surface area contributed by atoms with Crippen molar-refractivity contribution in [2.45, 2.75) is 39.0 Å². The molecule has 2 unspecified atom stereocenters. The Balaban J connectivity index is 0.00000110. The summed E-state index contributed by atoms with van der Waals surface area (Å²) < 4.78 is 2.36. The number of hydrogen-bond acceptors (Lipinski definition) is 0. The Morgan fingerprint density at radius 3 is 2.26 bits per heavy atom. The largest absolute Gasteiger partial charge is 1.00 e. The van der Waals surface area contributed by atoms with Gasteiger partial charge in [0.05, 0.1) is 0 Å². The fourth-order valence-electron chi connectivity index (χ4n) is 4.94. The van der Waals surface area contributed by atoms with Gasteiger partial charge in [-0.05, 0) is 61.9 Å². The SMILES string of the molecule is CC1=C([n+]2ccccc2)CC2C(C1)[C@H]1CC[C@@H]2C1.[Br-]. The highest BCUT2D eigenvalue weighted by atomic mass is 79.9. The van der Waals surface area contributed by atoms with Crippen molar-refractivity contribution in [3.63, 3.8) is 0 Å². The third-order valence-corrected chi connectivity index (χ3v) is 5.77. The maximum Gasteiger partial charge on any atom is 0.186 e. The molecular weight excluding hydrogens is 298 g/mol. The summed E-state index contributed by atoms with van der Waals surface area (Å²) in [4.78, 5) is 0. The molecule has 2 heteroatoms. The van der Waals surface area contributed by atoms with Crippen LogP contribution in [0.5, 0.6) is 0 Å². The number of nitrogens with zero attached hydrogens (tertiary/aromatic N) is 1. The van der Waals surface area contributed by atoms with Crippen molar-refractivity contribution in [3.8, 4) is 0 Å². The summed E-state index contributed by atoms with van der Waals surface area (Å²) in [6, 6.07) is 6.40. The number of halogens is 1. The van der Waals surface area contributed by atoms with Crippen molar-refractivity contribution in [1.82, 2.24) is 0 Å². The molecule has 1 aromatic rings. The van der Waals surface area contributed by atoms with Crippen molar-refractivity contribution in [2.24, 2.45) is 23.7 Å². The lowest BCUT2D eigenvalue weighted by atomic mass is 9.70. The fraction of sp³-hybridized carbons (Fsp3) is 0.588. The molecule has 19 heavy (non-hydrogen) atoms. The molecule has 4 rings (SSSR count). The summed E-state index contributed by atoms with van der Waals surface area (Å²) >= 11 is 0. The van der Waals surface area contributed by atoms with Gasteiger partial charge >= 0.3 is 0 Å². The second-order valence-corrected chi connectivity index (χ2v) is 6.58. The van der Waals surface area contributed by atoms with E-state index in [9.17, 15) is 0 Å². The van der Waals surface area contributed by atoms with Crippen molar-refractivity contribution in [2.75, 3.05) is 0 Å². The molecule has 1 aromatic heterocycles. The molecule has 0 spiro atoms. The lowest BCUT2D eigenvalue weighted by molar-refractivity contribution is -0.585. The van der Waals surface area contributed by atoms with Gasteiger partial charge in [-0.3, -0.25) is 0 Å². The molecule has 0 aromatic carbocycles. The van der Waals surface area contributed by atoms with Crippen LogP contribution < -0.4 is 21.5 Å². The minimum absolute atomic E-state index is 0. The van der Waals surface area contributed by atoms with Gasteiger partial charge in [0.15, 0.2) is 18.1 Å². The molecule has 2 fully saturated rings. The Hall–Kier alpha value is -0.630. The minimum Gasteiger partial charge on any atom is -1.00 e. The Morgan fingerprint density at radius 2 is 1.58 bits per heavy atom. The average Bonchev–Trinajstić information content (AvgIpc) is 3.00. The van der Waals surface area contributed by atoms with Gasteiger partial charge in [0.2, 0.25) is 0 Å². The molecule has 2 bridgehead atoms. The van der Waals surface area contributed by atoms with Gasteiger partial charge in [-0.1, -0.05) is 6.07 Å². The molecule has 0 N–H and O–H groups in total. The Morgan fingerprint density at radius 1 is 0.947 bits per heavy atom. The van der Waals surface area contributed by atoms with Crippen LogP contribution in [0.15, 0.2) is 36.2 Å². The van der Waals surface area contributed by atoms with Crippen LogP contribution >= 0.6 is 0 Å². The summed E-state index contributed by atoms with van der Waals surface area (Å²) in [6.07, 6.45) is 11.7. The van der Waals surface area contributed by atoms with Gasteiger partial charge < -0.3 is 17.0 Å². The first-order chi connectivity index (χ1) is 8.83. The third kappa shape index (κ3) is 2.08. The molecule has 1 nitrogen and oxygen atoms in total. The second-order valence-electron chi connectivity index (χ2n) is 6.58. The average molecular weight is 320 g/mol. The zero-order valence-corrected chi connectivity index (χ0v) is 13.1. The van der Waals surface area contributed by atoms with Gasteiger partial charge in [0.1, 0.15) is 0 Å². The van der Waals surface area contributed by atoms with Gasteiger partial charge in [-0.25, -0.2) is 0 Å². The highest BCUT2D eigenvalue weighted by Crippen LogP contribution is 2.58. The van der Waals surface area contributed by atoms with Crippen LogP contribution in [0.1, 0.15) is 39.0 Å². The van der Waals surface area contributed by atoms with E-state index in [1.54, 1.807) is 11.3 Å². The quantitative estimate of drug-likeness (QED) is 0.670. The number of allylic oxidation sites excluding steroid dienone is 2. The molecule has 4 atom stereocenters. The molecular formula is C17H22BrN. The normalized spacial score (nSPS) is 36.1. The Labute approximate surface area is 126 Å².